The maximum Gasteiger partial charge on any atom is 0.263 e. The van der Waals surface area contributed by atoms with E-state index in [1.165, 1.54) is 18.2 Å². The topological polar surface area (TPSA) is 151 Å². The Labute approximate surface area is 281 Å². The van der Waals surface area contributed by atoms with Crippen molar-refractivity contribution in [2.75, 3.05) is 32.0 Å². The number of hydrogen-bond acceptors (Lipinski definition) is 10. The van der Waals surface area contributed by atoms with Gasteiger partial charge in [-0.3, -0.25) is 4.79 Å². The molecular formula is C30H34FN5O7S4. The maximum absolute atomic E-state index is 14.0. The number of benzene rings is 2. The van der Waals surface area contributed by atoms with Crippen LogP contribution in [0, 0.1) is 5.82 Å². The van der Waals surface area contributed by atoms with Gasteiger partial charge >= 0.3 is 0 Å². The summed E-state index contributed by atoms with van der Waals surface area (Å²) in [6, 6.07) is 14.7. The second-order valence-electron chi connectivity index (χ2n) is 11.3. The van der Waals surface area contributed by atoms with Gasteiger partial charge in [-0.25, -0.2) is 36.5 Å². The maximum atomic E-state index is 14.0. The molecule has 2 unspecified atom stereocenters. The fourth-order valence-corrected chi connectivity index (χ4v) is 10.9. The van der Waals surface area contributed by atoms with Crippen LogP contribution < -0.4 is 5.48 Å². The number of sulfonamides is 2. The fraction of sp³-hybridized carbons (Fsp3) is 0.400. The standard InChI is InChI=1S/C30H34FN5O7S4/c31-21-10-8-20(9-11-21)26-12-13-29(45-26)47(40,41)36-15-14-35(18-25(36)30(37)34-43-28-7-3-4-16-42-28)46(38,39)19-22(44)17-27-32-23-5-1-2-6-24(23)33-27/h1-2,5-6,8-13,22,25,28,44H,3-4,7,14-19H2,(H,32,33)(H,34,37)/t22?,25-,28?/m1/s1. The van der Waals surface area contributed by atoms with Crippen molar-refractivity contribution in [1.29, 1.82) is 0 Å². The van der Waals surface area contributed by atoms with Gasteiger partial charge in [0.05, 0.1) is 16.8 Å². The Bertz CT molecular complexity index is 1900. The Kier molecular flexibility index (Phi) is 10.3. The second-order valence-corrected chi connectivity index (χ2v) is 17.3. The summed E-state index contributed by atoms with van der Waals surface area (Å²) in [4.78, 5) is 27.2. The molecule has 12 nitrogen and oxygen atoms in total. The van der Waals surface area contributed by atoms with Crippen molar-refractivity contribution in [1.82, 2.24) is 24.1 Å². The average Bonchev–Trinajstić information content (AvgIpc) is 3.72. The van der Waals surface area contributed by atoms with Crippen molar-refractivity contribution < 1.29 is 35.6 Å². The minimum absolute atomic E-state index is 0.0382. The number of nitrogens with zero attached hydrogens (tertiary/aromatic N) is 3. The quantitative estimate of drug-likeness (QED) is 0.157. The second kappa shape index (κ2) is 14.3. The molecule has 3 atom stereocenters. The van der Waals surface area contributed by atoms with Crippen LogP contribution in [0.1, 0.15) is 25.1 Å². The monoisotopic (exact) mass is 723 g/mol. The van der Waals surface area contributed by atoms with E-state index in [2.05, 4.69) is 28.1 Å². The Balaban J connectivity index is 1.20. The number of thiol groups is 1. The molecule has 2 fully saturated rings. The number of rotatable bonds is 11. The van der Waals surface area contributed by atoms with Gasteiger partial charge in [-0.2, -0.15) is 21.2 Å². The van der Waals surface area contributed by atoms with Crippen LogP contribution in [0.5, 0.6) is 0 Å². The smallest absolute Gasteiger partial charge is 0.263 e. The van der Waals surface area contributed by atoms with E-state index in [0.717, 1.165) is 43.8 Å². The number of hydrogen-bond donors (Lipinski definition) is 3. The molecule has 1 amide bonds. The largest absolute Gasteiger partial charge is 0.350 e. The van der Waals surface area contributed by atoms with Crippen LogP contribution in [0.4, 0.5) is 4.39 Å². The third-order valence-electron chi connectivity index (χ3n) is 7.96. The van der Waals surface area contributed by atoms with Gasteiger partial charge in [0.15, 0.2) is 6.29 Å². The summed E-state index contributed by atoms with van der Waals surface area (Å²) in [5.74, 6) is -0.998. The van der Waals surface area contributed by atoms with E-state index >= 15 is 0 Å². The molecule has 2 N–H and O–H groups in total. The van der Waals surface area contributed by atoms with Crippen molar-refractivity contribution in [3.05, 3.63) is 72.3 Å². The molecule has 0 spiro atoms. The van der Waals surface area contributed by atoms with Crippen LogP contribution in [0.25, 0.3) is 21.5 Å². The summed E-state index contributed by atoms with van der Waals surface area (Å²) >= 11 is 5.51. The van der Waals surface area contributed by atoms with Crippen molar-refractivity contribution in [2.24, 2.45) is 0 Å². The highest BCUT2D eigenvalue weighted by molar-refractivity contribution is 7.91. The summed E-state index contributed by atoms with van der Waals surface area (Å²) in [7, 11) is -8.24. The minimum atomic E-state index is -4.26. The Morgan fingerprint density at radius 1 is 1.11 bits per heavy atom. The SMILES string of the molecule is O=C(NOC1CCCCO1)[C@H]1CN(S(=O)(=O)CC(S)Cc2nc3ccccc3[nH]2)CCN1S(=O)(=O)c1ccc(-c2ccc(F)cc2)s1. The van der Waals surface area contributed by atoms with E-state index in [0.29, 0.717) is 29.3 Å². The summed E-state index contributed by atoms with van der Waals surface area (Å²) in [6.07, 6.45) is 1.80. The molecule has 0 bridgehead atoms. The third-order valence-corrected chi connectivity index (χ3v) is 14.0. The first-order valence-electron chi connectivity index (χ1n) is 15.0. The van der Waals surface area contributed by atoms with Crippen molar-refractivity contribution in [2.45, 2.75) is 47.5 Å². The third kappa shape index (κ3) is 7.88. The Hall–Kier alpha value is -2.90. The molecule has 47 heavy (non-hydrogen) atoms. The molecule has 4 heterocycles. The summed E-state index contributed by atoms with van der Waals surface area (Å²) < 4.78 is 76.2. The molecular weight excluding hydrogens is 690 g/mol. The number of carbonyl (C=O) groups excluding carboxylic acids is 1. The summed E-state index contributed by atoms with van der Waals surface area (Å²) in [6.45, 7) is -0.406. The Morgan fingerprint density at radius 3 is 2.64 bits per heavy atom. The van der Waals surface area contributed by atoms with Gasteiger partial charge in [-0.1, -0.05) is 24.3 Å². The predicted molar refractivity (Wildman–Crippen MR) is 178 cm³/mol. The van der Waals surface area contributed by atoms with Crippen LogP contribution in [0.3, 0.4) is 0 Å². The van der Waals surface area contributed by atoms with Gasteiger partial charge in [-0.15, -0.1) is 11.3 Å². The van der Waals surface area contributed by atoms with Crippen molar-refractivity contribution in [3.8, 4) is 10.4 Å². The first-order valence-corrected chi connectivity index (χ1v) is 19.4. The summed E-state index contributed by atoms with van der Waals surface area (Å²) in [5, 5.41) is -0.627. The van der Waals surface area contributed by atoms with Gasteiger partial charge < -0.3 is 9.72 Å². The van der Waals surface area contributed by atoms with Gasteiger partial charge in [0.25, 0.3) is 15.9 Å². The number of aromatic nitrogens is 2. The molecule has 2 saturated heterocycles. The number of para-hydroxylation sites is 2. The van der Waals surface area contributed by atoms with E-state index in [1.807, 2.05) is 24.3 Å². The molecule has 4 aromatic rings. The molecule has 2 aromatic heterocycles. The highest BCUT2D eigenvalue weighted by Crippen LogP contribution is 2.34. The average molecular weight is 724 g/mol. The number of hydroxylamine groups is 1. The zero-order valence-corrected chi connectivity index (χ0v) is 28.5. The highest BCUT2D eigenvalue weighted by atomic mass is 32.2. The van der Waals surface area contributed by atoms with Crippen LogP contribution in [0.15, 0.2) is 64.9 Å². The lowest BCUT2D eigenvalue weighted by Crippen LogP contribution is -2.61. The zero-order chi connectivity index (χ0) is 33.2. The molecule has 2 aromatic carbocycles. The van der Waals surface area contributed by atoms with E-state index in [1.54, 1.807) is 18.2 Å². The number of imidazole rings is 1. The van der Waals surface area contributed by atoms with E-state index in [4.69, 9.17) is 9.57 Å². The Morgan fingerprint density at radius 2 is 1.89 bits per heavy atom. The minimum Gasteiger partial charge on any atom is -0.350 e. The zero-order valence-electron chi connectivity index (χ0n) is 25.1. The molecule has 0 saturated carbocycles. The normalized spacial score (nSPS) is 20.7. The number of halogens is 1. The first-order chi connectivity index (χ1) is 22.5. The van der Waals surface area contributed by atoms with Gasteiger partial charge in [0, 0.05) is 49.2 Å². The molecule has 6 rings (SSSR count). The summed E-state index contributed by atoms with van der Waals surface area (Å²) in [5.41, 5.74) is 4.54. The van der Waals surface area contributed by atoms with Gasteiger partial charge in [0.1, 0.15) is 21.9 Å². The lowest BCUT2D eigenvalue weighted by molar-refractivity contribution is -0.202. The van der Waals surface area contributed by atoms with Crippen molar-refractivity contribution >= 4 is 61.0 Å². The number of ether oxygens (including phenoxy) is 1. The molecule has 0 radical (unpaired) electrons. The lowest BCUT2D eigenvalue weighted by atomic mass is 10.2. The molecule has 2 aliphatic rings. The fourth-order valence-electron chi connectivity index (χ4n) is 5.57. The predicted octanol–water partition coefficient (Wildman–Crippen LogP) is 3.55. The van der Waals surface area contributed by atoms with Crippen LogP contribution in [0.2, 0.25) is 0 Å². The number of piperazine rings is 1. The van der Waals surface area contributed by atoms with Gasteiger partial charge in [0.2, 0.25) is 10.0 Å². The highest BCUT2D eigenvalue weighted by Gasteiger charge is 2.44. The molecule has 2 aliphatic heterocycles. The number of nitrogens with one attached hydrogen (secondary N) is 2. The number of fused-ring (bicyclic) bond motifs is 1. The number of aromatic amines is 1. The molecule has 17 heteroatoms. The molecule has 252 valence electrons. The number of thiophene rings is 1. The van der Waals surface area contributed by atoms with E-state index in [9.17, 15) is 26.0 Å². The van der Waals surface area contributed by atoms with Crippen LogP contribution >= 0.6 is 24.0 Å². The number of amides is 1. The van der Waals surface area contributed by atoms with Gasteiger partial charge in [-0.05, 0) is 54.8 Å². The number of carbonyl (C=O) groups is 1. The first kappa shape index (κ1) is 34.0. The van der Waals surface area contributed by atoms with E-state index < -0.39 is 55.9 Å². The van der Waals surface area contributed by atoms with E-state index in [-0.39, 0.29) is 29.5 Å². The van der Waals surface area contributed by atoms with Crippen LogP contribution in [-0.2, 0) is 40.8 Å². The lowest BCUT2D eigenvalue weighted by Gasteiger charge is -2.39. The van der Waals surface area contributed by atoms with Crippen LogP contribution in [-0.4, -0.2) is 90.9 Å². The molecule has 0 aliphatic carbocycles. The number of H-pyrrole nitrogens is 1. The van der Waals surface area contributed by atoms with Crippen molar-refractivity contribution in [3.63, 3.8) is 0 Å².